The van der Waals surface area contributed by atoms with Crippen LogP contribution in [-0.2, 0) is 17.7 Å². The van der Waals surface area contributed by atoms with E-state index in [1.54, 1.807) is 11.9 Å². The maximum atomic E-state index is 12.2. The molecule has 1 saturated heterocycles. The van der Waals surface area contributed by atoms with E-state index in [1.165, 1.54) is 0 Å². The third-order valence-electron chi connectivity index (χ3n) is 4.06. The van der Waals surface area contributed by atoms with Crippen molar-refractivity contribution in [1.29, 1.82) is 0 Å². The van der Waals surface area contributed by atoms with Crippen molar-refractivity contribution in [1.82, 2.24) is 25.3 Å². The lowest BCUT2D eigenvalue weighted by Crippen LogP contribution is -2.50. The summed E-state index contributed by atoms with van der Waals surface area (Å²) in [5.74, 6) is 1.12. The molecule has 8 heteroatoms. The van der Waals surface area contributed by atoms with Crippen molar-refractivity contribution >= 4 is 6.03 Å². The predicted molar refractivity (Wildman–Crippen MR) is 85.0 cm³/mol. The van der Waals surface area contributed by atoms with Crippen LogP contribution in [0.15, 0.2) is 4.52 Å². The van der Waals surface area contributed by atoms with Crippen molar-refractivity contribution in [3.8, 4) is 0 Å². The lowest BCUT2D eigenvalue weighted by molar-refractivity contribution is 0.0162. The van der Waals surface area contributed by atoms with Crippen molar-refractivity contribution in [2.24, 2.45) is 0 Å². The van der Waals surface area contributed by atoms with E-state index in [4.69, 9.17) is 9.26 Å². The van der Waals surface area contributed by atoms with E-state index in [0.717, 1.165) is 32.7 Å². The molecule has 1 aliphatic heterocycles. The van der Waals surface area contributed by atoms with Crippen molar-refractivity contribution in [2.75, 3.05) is 39.9 Å². The smallest absolute Gasteiger partial charge is 0.317 e. The number of carbonyl (C=O) groups excluding carboxylic acids is 1. The van der Waals surface area contributed by atoms with Crippen LogP contribution < -0.4 is 5.32 Å². The van der Waals surface area contributed by atoms with Crippen LogP contribution in [0.3, 0.4) is 0 Å². The molecule has 0 radical (unpaired) electrons. The highest BCUT2D eigenvalue weighted by Gasteiger charge is 2.21. The largest absolute Gasteiger partial charge is 0.379 e. The van der Waals surface area contributed by atoms with Gasteiger partial charge in [0.05, 0.1) is 19.8 Å². The van der Waals surface area contributed by atoms with E-state index in [0.29, 0.717) is 37.3 Å². The molecule has 23 heavy (non-hydrogen) atoms. The molecule has 2 amide bonds. The summed E-state index contributed by atoms with van der Waals surface area (Å²) in [7, 11) is 1.73. The number of rotatable bonds is 7. The summed E-state index contributed by atoms with van der Waals surface area (Å²) in [4.78, 5) is 20.4. The first-order valence-electron chi connectivity index (χ1n) is 8.26. The zero-order valence-electron chi connectivity index (χ0n) is 14.2. The average Bonchev–Trinajstić information content (AvgIpc) is 3.03. The molecular weight excluding hydrogens is 298 g/mol. The molecule has 0 saturated carbocycles. The fourth-order valence-corrected chi connectivity index (χ4v) is 2.60. The minimum atomic E-state index is -0.125. The van der Waals surface area contributed by atoms with Gasteiger partial charge < -0.3 is 19.5 Å². The number of aryl methyl sites for hydroxylation is 1. The first-order valence-corrected chi connectivity index (χ1v) is 8.26. The summed E-state index contributed by atoms with van der Waals surface area (Å²) in [6.07, 6.45) is 1.69. The molecule has 1 N–H and O–H groups in total. The van der Waals surface area contributed by atoms with E-state index < -0.39 is 0 Å². The van der Waals surface area contributed by atoms with Crippen molar-refractivity contribution in [2.45, 2.75) is 39.3 Å². The van der Waals surface area contributed by atoms with Crippen LogP contribution >= 0.6 is 0 Å². The van der Waals surface area contributed by atoms with Gasteiger partial charge in [-0.25, -0.2) is 4.79 Å². The number of urea groups is 1. The Hall–Kier alpha value is -1.67. The summed E-state index contributed by atoms with van der Waals surface area (Å²) < 4.78 is 10.4. The van der Waals surface area contributed by atoms with Crippen LogP contribution in [0.5, 0.6) is 0 Å². The third-order valence-corrected chi connectivity index (χ3v) is 4.06. The second kappa shape index (κ2) is 8.83. The number of nitrogens with zero attached hydrogens (tertiary/aromatic N) is 4. The molecule has 0 aliphatic carbocycles. The van der Waals surface area contributed by atoms with Crippen LogP contribution in [-0.4, -0.2) is 71.9 Å². The van der Waals surface area contributed by atoms with Gasteiger partial charge in [0.25, 0.3) is 0 Å². The summed E-state index contributed by atoms with van der Waals surface area (Å²) in [5.41, 5.74) is 0. The number of hydrogen-bond acceptors (Lipinski definition) is 6. The van der Waals surface area contributed by atoms with Gasteiger partial charge in [-0.3, -0.25) is 4.90 Å². The second-order valence-corrected chi connectivity index (χ2v) is 5.71. The number of aromatic nitrogens is 2. The van der Waals surface area contributed by atoms with Gasteiger partial charge in [0.15, 0.2) is 5.82 Å². The molecule has 2 rings (SSSR count). The number of ether oxygens (including phenoxy) is 1. The van der Waals surface area contributed by atoms with Gasteiger partial charge >= 0.3 is 6.03 Å². The number of nitrogens with one attached hydrogen (secondary N) is 1. The highest BCUT2D eigenvalue weighted by molar-refractivity contribution is 5.73. The van der Waals surface area contributed by atoms with Crippen molar-refractivity contribution in [3.05, 3.63) is 11.7 Å². The van der Waals surface area contributed by atoms with E-state index in [2.05, 4.69) is 27.3 Å². The Balaban J connectivity index is 1.77. The highest BCUT2D eigenvalue weighted by atomic mass is 16.5. The first kappa shape index (κ1) is 17.7. The van der Waals surface area contributed by atoms with E-state index in [1.807, 2.05) is 6.92 Å². The Kier molecular flexibility index (Phi) is 6.79. The van der Waals surface area contributed by atoms with Gasteiger partial charge in [-0.1, -0.05) is 19.0 Å². The minimum Gasteiger partial charge on any atom is -0.379 e. The van der Waals surface area contributed by atoms with Gasteiger partial charge in [-0.2, -0.15) is 4.98 Å². The van der Waals surface area contributed by atoms with Gasteiger partial charge in [0.1, 0.15) is 0 Å². The maximum Gasteiger partial charge on any atom is 0.317 e. The summed E-state index contributed by atoms with van der Waals surface area (Å²) in [6.45, 7) is 8.44. The number of carbonyl (C=O) groups is 1. The lowest BCUT2D eigenvalue weighted by atomic mass is 10.2. The van der Waals surface area contributed by atoms with Crippen LogP contribution in [0.2, 0.25) is 0 Å². The first-order chi connectivity index (χ1) is 11.1. The molecule has 1 fully saturated rings. The van der Waals surface area contributed by atoms with E-state index in [9.17, 15) is 4.79 Å². The zero-order chi connectivity index (χ0) is 16.7. The molecule has 8 nitrogen and oxygen atoms in total. The Morgan fingerprint density at radius 2 is 2.13 bits per heavy atom. The van der Waals surface area contributed by atoms with E-state index in [-0.39, 0.29) is 6.03 Å². The summed E-state index contributed by atoms with van der Waals surface area (Å²) >= 11 is 0. The predicted octanol–water partition coefficient (Wildman–Crippen LogP) is 0.884. The summed E-state index contributed by atoms with van der Waals surface area (Å²) in [5, 5.41) is 6.85. The molecule has 1 aromatic heterocycles. The Labute approximate surface area is 137 Å². The quantitative estimate of drug-likeness (QED) is 0.801. The van der Waals surface area contributed by atoms with Crippen LogP contribution in [0, 0.1) is 0 Å². The Morgan fingerprint density at radius 3 is 2.74 bits per heavy atom. The fraction of sp³-hybridized carbons (Fsp3) is 0.800. The van der Waals surface area contributed by atoms with Crippen molar-refractivity contribution in [3.63, 3.8) is 0 Å². The number of hydrogen-bond donors (Lipinski definition) is 1. The summed E-state index contributed by atoms with van der Waals surface area (Å²) in [6, 6.07) is 0.215. The van der Waals surface area contributed by atoms with Gasteiger partial charge in [0.2, 0.25) is 5.89 Å². The van der Waals surface area contributed by atoms with Gasteiger partial charge in [0, 0.05) is 39.1 Å². The molecule has 1 atom stereocenters. The molecular formula is C15H27N5O3. The second-order valence-electron chi connectivity index (χ2n) is 5.71. The standard InChI is InChI=1S/C15H27N5O3/c1-4-12(20-6-8-22-9-7-20)10-16-15(21)19(3)11-13-17-14(5-2)23-18-13/h12H,4-11H2,1-3H3,(H,16,21)/t12-/m0/s1. The average molecular weight is 325 g/mol. The highest BCUT2D eigenvalue weighted by Crippen LogP contribution is 2.07. The van der Waals surface area contributed by atoms with Crippen LogP contribution in [0.25, 0.3) is 0 Å². The SMILES string of the molecule is CCc1nc(CN(C)C(=O)NC[C@H](CC)N2CCOCC2)no1. The molecule has 0 unspecified atom stereocenters. The molecule has 2 heterocycles. The molecule has 0 aromatic carbocycles. The van der Waals surface area contributed by atoms with Gasteiger partial charge in [-0.15, -0.1) is 0 Å². The number of morpholine rings is 1. The molecule has 1 aromatic rings. The minimum absolute atomic E-state index is 0.125. The number of amides is 2. The molecule has 0 bridgehead atoms. The maximum absolute atomic E-state index is 12.2. The van der Waals surface area contributed by atoms with Crippen molar-refractivity contribution < 1.29 is 14.1 Å². The Morgan fingerprint density at radius 1 is 1.39 bits per heavy atom. The monoisotopic (exact) mass is 325 g/mol. The zero-order valence-corrected chi connectivity index (χ0v) is 14.2. The normalized spacial score (nSPS) is 17.0. The topological polar surface area (TPSA) is 83.7 Å². The fourth-order valence-electron chi connectivity index (χ4n) is 2.60. The third kappa shape index (κ3) is 5.18. The van der Waals surface area contributed by atoms with Crippen LogP contribution in [0.1, 0.15) is 32.0 Å². The van der Waals surface area contributed by atoms with Gasteiger partial charge in [-0.05, 0) is 6.42 Å². The molecule has 130 valence electrons. The van der Waals surface area contributed by atoms with E-state index >= 15 is 0 Å². The lowest BCUT2D eigenvalue weighted by Gasteiger charge is -2.34. The Bertz CT molecular complexity index is 487. The van der Waals surface area contributed by atoms with Crippen LogP contribution in [0.4, 0.5) is 4.79 Å². The molecule has 0 spiro atoms. The molecule has 1 aliphatic rings.